The molecule has 4 N–H and O–H groups in total. The third-order valence-corrected chi connectivity index (χ3v) is 2.72. The fourth-order valence-electron chi connectivity index (χ4n) is 1.20. The van der Waals surface area contributed by atoms with E-state index < -0.39 is 12.0 Å². The largest absolute Gasteiger partial charge is 0.425 e. The van der Waals surface area contributed by atoms with Gasteiger partial charge in [0.05, 0.1) is 10.7 Å². The number of guanidine groups is 1. The lowest BCUT2D eigenvalue weighted by Gasteiger charge is -2.12. The van der Waals surface area contributed by atoms with Gasteiger partial charge in [0.15, 0.2) is 11.7 Å². The first-order valence-corrected chi connectivity index (χ1v) is 6.07. The van der Waals surface area contributed by atoms with E-state index in [1.54, 1.807) is 0 Å². The third-order valence-electron chi connectivity index (χ3n) is 2.03. The topological polar surface area (TPSA) is 106 Å². The first kappa shape index (κ1) is 16.1. The van der Waals surface area contributed by atoms with Crippen LogP contribution in [0.4, 0.5) is 10.5 Å². The van der Waals surface area contributed by atoms with Crippen molar-refractivity contribution in [1.82, 2.24) is 5.32 Å². The van der Waals surface area contributed by atoms with Gasteiger partial charge in [-0.3, -0.25) is 15.1 Å². The number of benzene rings is 1. The van der Waals surface area contributed by atoms with Crippen molar-refractivity contribution in [3.8, 4) is 5.75 Å². The molecule has 0 aliphatic carbocycles. The Bertz CT molecular complexity index is 575. The molecule has 0 aliphatic rings. The molecule has 2 amide bonds. The monoisotopic (exact) mass is 318 g/mol. The molecule has 0 fully saturated rings. The second kappa shape index (κ2) is 6.97. The summed E-state index contributed by atoms with van der Waals surface area (Å²) >= 11 is 11.9. The van der Waals surface area contributed by atoms with Crippen molar-refractivity contribution in [2.75, 3.05) is 12.4 Å². The lowest BCUT2D eigenvalue weighted by atomic mass is 10.3. The first-order valence-electron chi connectivity index (χ1n) is 5.31. The van der Waals surface area contributed by atoms with Crippen LogP contribution in [0.3, 0.4) is 0 Å². The lowest BCUT2D eigenvalue weighted by Crippen LogP contribution is -2.39. The van der Waals surface area contributed by atoms with Gasteiger partial charge in [0.1, 0.15) is 5.02 Å². The highest BCUT2D eigenvalue weighted by Crippen LogP contribution is 2.37. The van der Waals surface area contributed by atoms with Crippen molar-refractivity contribution >= 4 is 46.8 Å². The summed E-state index contributed by atoms with van der Waals surface area (Å²) < 4.78 is 4.87. The summed E-state index contributed by atoms with van der Waals surface area (Å²) in [5.74, 6) is -0.547. The summed E-state index contributed by atoms with van der Waals surface area (Å²) in [6.07, 6.45) is 0. The Kier molecular flexibility index (Phi) is 5.60. The highest BCUT2D eigenvalue weighted by molar-refractivity contribution is 6.40. The number of amides is 2. The number of ether oxygens (including phenoxy) is 1. The average molecular weight is 319 g/mol. The molecule has 7 nitrogen and oxygen atoms in total. The number of urea groups is 1. The minimum absolute atomic E-state index is 0.00476. The van der Waals surface area contributed by atoms with Gasteiger partial charge in [-0.25, -0.2) is 4.79 Å². The number of anilines is 1. The van der Waals surface area contributed by atoms with Gasteiger partial charge in [-0.1, -0.05) is 23.2 Å². The molecule has 0 bridgehead atoms. The fraction of sp³-hybridized carbons (Fsp3) is 0.182. The first-order chi connectivity index (χ1) is 9.35. The van der Waals surface area contributed by atoms with Crippen LogP contribution < -0.4 is 21.1 Å². The molecule has 0 spiro atoms. The predicted molar refractivity (Wildman–Crippen MR) is 77.5 cm³/mol. The molecule has 1 aromatic carbocycles. The minimum Gasteiger partial charge on any atom is -0.425 e. The molecule has 9 heteroatoms. The molecular weight excluding hydrogens is 307 g/mol. The van der Waals surface area contributed by atoms with Crippen LogP contribution in [0.1, 0.15) is 6.92 Å². The molecule has 0 aliphatic heterocycles. The number of aliphatic imine (C=N–C) groups is 1. The van der Waals surface area contributed by atoms with E-state index in [1.165, 1.54) is 26.1 Å². The van der Waals surface area contributed by atoms with Gasteiger partial charge in [0.2, 0.25) is 0 Å². The molecule has 0 saturated heterocycles. The zero-order valence-corrected chi connectivity index (χ0v) is 12.2. The molecule has 0 heterocycles. The van der Waals surface area contributed by atoms with Crippen LogP contribution in [-0.2, 0) is 4.79 Å². The Hall–Kier alpha value is -1.99. The predicted octanol–water partition coefficient (Wildman–Crippen LogP) is 1.98. The van der Waals surface area contributed by atoms with E-state index in [2.05, 4.69) is 15.6 Å². The van der Waals surface area contributed by atoms with Gasteiger partial charge in [0.25, 0.3) is 0 Å². The Morgan fingerprint density at radius 3 is 2.55 bits per heavy atom. The second-order valence-corrected chi connectivity index (χ2v) is 4.30. The molecule has 0 aromatic heterocycles. The smallest absolute Gasteiger partial charge is 0.326 e. The van der Waals surface area contributed by atoms with Crippen LogP contribution in [0.5, 0.6) is 5.75 Å². The Labute approximate surface area is 125 Å². The van der Waals surface area contributed by atoms with Crippen molar-refractivity contribution in [3.63, 3.8) is 0 Å². The maximum absolute atomic E-state index is 11.6. The van der Waals surface area contributed by atoms with Crippen LogP contribution in [0.15, 0.2) is 17.1 Å². The zero-order chi connectivity index (χ0) is 15.3. The van der Waals surface area contributed by atoms with Gasteiger partial charge < -0.3 is 15.8 Å². The van der Waals surface area contributed by atoms with Gasteiger partial charge in [0, 0.05) is 14.0 Å². The van der Waals surface area contributed by atoms with Crippen LogP contribution in [0, 0.1) is 0 Å². The summed E-state index contributed by atoms with van der Waals surface area (Å²) in [5.41, 5.74) is 5.43. The Morgan fingerprint density at radius 2 is 2.00 bits per heavy atom. The molecule has 1 aromatic rings. The summed E-state index contributed by atoms with van der Waals surface area (Å²) in [5, 5.41) is 4.81. The number of carbonyl (C=O) groups is 2. The van der Waals surface area contributed by atoms with Crippen LogP contribution in [-0.4, -0.2) is 25.0 Å². The van der Waals surface area contributed by atoms with Gasteiger partial charge >= 0.3 is 12.0 Å². The van der Waals surface area contributed by atoms with Crippen molar-refractivity contribution in [2.24, 2.45) is 10.7 Å². The van der Waals surface area contributed by atoms with Crippen LogP contribution >= 0.6 is 23.2 Å². The van der Waals surface area contributed by atoms with E-state index in [-0.39, 0.29) is 27.4 Å². The molecule has 0 atom stereocenters. The standard InChI is InChI=1S/C11H12Cl2N4O3/c1-5(18)20-7-4-3-6(12)9(8(7)13)16-11(19)17-10(14)15-2/h3-4H,1-2H3,(H4,14,15,16,17,19). The highest BCUT2D eigenvalue weighted by atomic mass is 35.5. The van der Waals surface area contributed by atoms with Gasteiger partial charge in [-0.15, -0.1) is 0 Å². The van der Waals surface area contributed by atoms with Crippen molar-refractivity contribution in [2.45, 2.75) is 6.92 Å². The van der Waals surface area contributed by atoms with Crippen molar-refractivity contribution in [1.29, 1.82) is 0 Å². The maximum atomic E-state index is 11.6. The minimum atomic E-state index is -0.683. The normalized spacial score (nSPS) is 10.9. The summed E-state index contributed by atoms with van der Waals surface area (Å²) in [4.78, 5) is 26.1. The average Bonchev–Trinajstić information content (AvgIpc) is 2.37. The fourth-order valence-corrected chi connectivity index (χ4v) is 1.70. The number of halogens is 2. The van der Waals surface area contributed by atoms with Gasteiger partial charge in [-0.05, 0) is 12.1 Å². The molecular formula is C11H12Cl2N4O3. The SMILES string of the molecule is CN=C(N)NC(=O)Nc1c(Cl)ccc(OC(C)=O)c1Cl. The van der Waals surface area contributed by atoms with E-state index in [4.69, 9.17) is 33.7 Å². The molecule has 0 unspecified atom stereocenters. The zero-order valence-electron chi connectivity index (χ0n) is 10.7. The van der Waals surface area contributed by atoms with E-state index in [0.29, 0.717) is 0 Å². The van der Waals surface area contributed by atoms with Gasteiger partial charge in [-0.2, -0.15) is 0 Å². The number of nitrogens with zero attached hydrogens (tertiary/aromatic N) is 1. The lowest BCUT2D eigenvalue weighted by molar-refractivity contribution is -0.131. The summed E-state index contributed by atoms with van der Waals surface area (Å²) in [6.45, 7) is 1.23. The third kappa shape index (κ3) is 4.29. The Balaban J connectivity index is 2.99. The number of esters is 1. The molecule has 1 rings (SSSR count). The number of nitrogens with one attached hydrogen (secondary N) is 2. The van der Waals surface area contributed by atoms with E-state index in [9.17, 15) is 9.59 Å². The van der Waals surface area contributed by atoms with Crippen molar-refractivity contribution < 1.29 is 14.3 Å². The quantitative estimate of drug-likeness (QED) is 0.335. The summed E-state index contributed by atoms with van der Waals surface area (Å²) in [6, 6.07) is 2.16. The number of rotatable bonds is 2. The number of hydrogen-bond donors (Lipinski definition) is 3. The molecule has 108 valence electrons. The molecule has 0 radical (unpaired) electrons. The Morgan fingerprint density at radius 1 is 1.35 bits per heavy atom. The van der Waals surface area contributed by atoms with E-state index >= 15 is 0 Å². The maximum Gasteiger partial charge on any atom is 0.326 e. The second-order valence-electron chi connectivity index (χ2n) is 3.52. The number of carbonyl (C=O) groups excluding carboxylic acids is 2. The molecule has 0 saturated carbocycles. The highest BCUT2D eigenvalue weighted by Gasteiger charge is 2.15. The van der Waals surface area contributed by atoms with Crippen molar-refractivity contribution in [3.05, 3.63) is 22.2 Å². The molecule has 20 heavy (non-hydrogen) atoms. The van der Waals surface area contributed by atoms with E-state index in [0.717, 1.165) is 0 Å². The van der Waals surface area contributed by atoms with Crippen LogP contribution in [0.2, 0.25) is 10.0 Å². The number of hydrogen-bond acceptors (Lipinski definition) is 4. The van der Waals surface area contributed by atoms with Crippen LogP contribution in [0.25, 0.3) is 0 Å². The summed E-state index contributed by atoms with van der Waals surface area (Å²) in [7, 11) is 1.41. The van der Waals surface area contributed by atoms with E-state index in [1.807, 2.05) is 0 Å². The number of nitrogens with two attached hydrogens (primary N) is 1.